The number of amides is 2. The number of carbonyl (C=O) groups is 2. The van der Waals surface area contributed by atoms with Crippen molar-refractivity contribution in [2.75, 3.05) is 18.4 Å². The van der Waals surface area contributed by atoms with Gasteiger partial charge in [-0.25, -0.2) is 4.98 Å². The first-order valence-corrected chi connectivity index (χ1v) is 10.4. The second kappa shape index (κ2) is 8.26. The predicted octanol–water partition coefficient (Wildman–Crippen LogP) is 3.68. The van der Waals surface area contributed by atoms with Crippen molar-refractivity contribution in [1.29, 1.82) is 0 Å². The van der Waals surface area contributed by atoms with Crippen molar-refractivity contribution in [2.24, 2.45) is 5.92 Å². The SMILES string of the molecule is CC(=O)Nc1cccc(C(=O)N2CC[C@H](c3nc4ccncc4n3CC(C)C)C2)c1. The van der Waals surface area contributed by atoms with Crippen LogP contribution in [-0.2, 0) is 11.3 Å². The summed E-state index contributed by atoms with van der Waals surface area (Å²) in [5.74, 6) is 1.54. The summed E-state index contributed by atoms with van der Waals surface area (Å²) in [4.78, 5) is 35.4. The second-order valence-electron chi connectivity index (χ2n) is 8.34. The molecule has 156 valence electrons. The van der Waals surface area contributed by atoms with E-state index in [1.54, 1.807) is 30.5 Å². The zero-order valence-corrected chi connectivity index (χ0v) is 17.6. The zero-order valence-electron chi connectivity index (χ0n) is 17.6. The fraction of sp³-hybridized carbons (Fsp3) is 0.391. The van der Waals surface area contributed by atoms with Gasteiger partial charge in [-0.05, 0) is 36.6 Å². The van der Waals surface area contributed by atoms with Crippen LogP contribution >= 0.6 is 0 Å². The Hall–Kier alpha value is -3.22. The van der Waals surface area contributed by atoms with Crippen molar-refractivity contribution in [3.05, 3.63) is 54.1 Å². The minimum atomic E-state index is -0.153. The maximum atomic E-state index is 13.1. The van der Waals surface area contributed by atoms with Gasteiger partial charge in [0, 0.05) is 49.9 Å². The van der Waals surface area contributed by atoms with Gasteiger partial charge in [-0.2, -0.15) is 0 Å². The first kappa shape index (κ1) is 20.1. The largest absolute Gasteiger partial charge is 0.338 e. The van der Waals surface area contributed by atoms with Crippen LogP contribution in [0.4, 0.5) is 5.69 Å². The molecule has 1 atom stereocenters. The van der Waals surface area contributed by atoms with E-state index in [9.17, 15) is 9.59 Å². The Labute approximate surface area is 176 Å². The van der Waals surface area contributed by atoms with E-state index < -0.39 is 0 Å². The number of pyridine rings is 1. The summed E-state index contributed by atoms with van der Waals surface area (Å²) >= 11 is 0. The third kappa shape index (κ3) is 4.06. The molecule has 0 bridgehead atoms. The molecule has 1 fully saturated rings. The van der Waals surface area contributed by atoms with E-state index in [-0.39, 0.29) is 17.7 Å². The van der Waals surface area contributed by atoms with Crippen molar-refractivity contribution in [2.45, 2.75) is 39.7 Å². The summed E-state index contributed by atoms with van der Waals surface area (Å²) in [5, 5.41) is 2.74. The number of aromatic nitrogens is 3. The molecule has 2 amide bonds. The van der Waals surface area contributed by atoms with Crippen molar-refractivity contribution in [3.8, 4) is 0 Å². The number of anilines is 1. The number of carbonyl (C=O) groups excluding carboxylic acids is 2. The van der Waals surface area contributed by atoms with E-state index in [2.05, 4.69) is 28.7 Å². The van der Waals surface area contributed by atoms with Crippen LogP contribution in [0.25, 0.3) is 11.0 Å². The molecule has 1 saturated heterocycles. The lowest BCUT2D eigenvalue weighted by Gasteiger charge is -2.18. The Morgan fingerprint density at radius 1 is 1.27 bits per heavy atom. The van der Waals surface area contributed by atoms with E-state index in [0.717, 1.165) is 29.8 Å². The summed E-state index contributed by atoms with van der Waals surface area (Å²) < 4.78 is 2.27. The molecule has 4 rings (SSSR count). The Balaban J connectivity index is 1.56. The molecule has 7 nitrogen and oxygen atoms in total. The highest BCUT2D eigenvalue weighted by molar-refractivity contribution is 5.97. The van der Waals surface area contributed by atoms with Crippen LogP contribution in [0.1, 0.15) is 49.3 Å². The molecule has 30 heavy (non-hydrogen) atoms. The highest BCUT2D eigenvalue weighted by Gasteiger charge is 2.31. The number of nitrogens with zero attached hydrogens (tertiary/aromatic N) is 4. The lowest BCUT2D eigenvalue weighted by atomic mass is 10.1. The molecular weight excluding hydrogens is 378 g/mol. The Kier molecular flexibility index (Phi) is 5.53. The lowest BCUT2D eigenvalue weighted by Crippen LogP contribution is -2.29. The van der Waals surface area contributed by atoms with Gasteiger partial charge in [0.15, 0.2) is 0 Å². The summed E-state index contributed by atoms with van der Waals surface area (Å²) in [5.41, 5.74) is 3.22. The Morgan fingerprint density at radius 2 is 2.10 bits per heavy atom. The van der Waals surface area contributed by atoms with Crippen LogP contribution in [0.2, 0.25) is 0 Å². The van der Waals surface area contributed by atoms with E-state index in [4.69, 9.17) is 4.98 Å². The molecule has 3 heterocycles. The predicted molar refractivity (Wildman–Crippen MR) is 116 cm³/mol. The van der Waals surface area contributed by atoms with Crippen LogP contribution in [0.3, 0.4) is 0 Å². The number of likely N-dealkylation sites (tertiary alicyclic amines) is 1. The van der Waals surface area contributed by atoms with Gasteiger partial charge in [-0.3, -0.25) is 14.6 Å². The summed E-state index contributed by atoms with van der Waals surface area (Å²) in [7, 11) is 0. The molecule has 0 spiro atoms. The minimum absolute atomic E-state index is 0.0158. The van der Waals surface area contributed by atoms with Gasteiger partial charge < -0.3 is 14.8 Å². The third-order valence-electron chi connectivity index (χ3n) is 5.40. The highest BCUT2D eigenvalue weighted by Crippen LogP contribution is 2.31. The maximum Gasteiger partial charge on any atom is 0.253 e. The van der Waals surface area contributed by atoms with Crippen molar-refractivity contribution in [1.82, 2.24) is 19.4 Å². The fourth-order valence-electron chi connectivity index (χ4n) is 4.13. The van der Waals surface area contributed by atoms with Crippen LogP contribution in [-0.4, -0.2) is 44.3 Å². The van der Waals surface area contributed by atoms with Gasteiger partial charge in [0.05, 0.1) is 17.2 Å². The standard InChI is InChI=1S/C23H27N5O2/c1-15(2)13-28-21-12-24-9-7-20(21)26-22(28)18-8-10-27(14-18)23(30)17-5-4-6-19(11-17)25-16(3)29/h4-7,9,11-12,15,18H,8,10,13-14H2,1-3H3,(H,25,29)/t18-/m0/s1. The van der Waals surface area contributed by atoms with Crippen molar-refractivity contribution >= 4 is 28.5 Å². The number of rotatable bonds is 5. The maximum absolute atomic E-state index is 13.1. The first-order valence-electron chi connectivity index (χ1n) is 10.4. The number of fused-ring (bicyclic) bond motifs is 1. The molecule has 2 aromatic heterocycles. The van der Waals surface area contributed by atoms with Crippen LogP contribution in [0.5, 0.6) is 0 Å². The lowest BCUT2D eigenvalue weighted by molar-refractivity contribution is -0.114. The van der Waals surface area contributed by atoms with Crippen LogP contribution in [0.15, 0.2) is 42.7 Å². The second-order valence-corrected chi connectivity index (χ2v) is 8.34. The quantitative estimate of drug-likeness (QED) is 0.702. The molecule has 0 radical (unpaired) electrons. The molecular formula is C23H27N5O2. The number of hydrogen-bond acceptors (Lipinski definition) is 4. The molecule has 1 aromatic carbocycles. The van der Waals surface area contributed by atoms with E-state index in [0.29, 0.717) is 30.3 Å². The molecule has 1 N–H and O–H groups in total. The molecule has 1 aliphatic heterocycles. The van der Waals surface area contributed by atoms with Gasteiger partial charge in [-0.15, -0.1) is 0 Å². The number of imidazole rings is 1. The van der Waals surface area contributed by atoms with Gasteiger partial charge in [0.2, 0.25) is 5.91 Å². The molecule has 0 aliphatic carbocycles. The molecule has 0 saturated carbocycles. The number of hydrogen-bond donors (Lipinski definition) is 1. The molecule has 1 aliphatic rings. The van der Waals surface area contributed by atoms with Gasteiger partial charge in [-0.1, -0.05) is 19.9 Å². The summed E-state index contributed by atoms with van der Waals surface area (Å²) in [6.07, 6.45) is 4.52. The smallest absolute Gasteiger partial charge is 0.253 e. The number of benzene rings is 1. The average Bonchev–Trinajstić information content (AvgIpc) is 3.32. The Bertz CT molecular complexity index is 1090. The normalized spacial score (nSPS) is 16.4. The van der Waals surface area contributed by atoms with Crippen LogP contribution < -0.4 is 5.32 Å². The van der Waals surface area contributed by atoms with E-state index >= 15 is 0 Å². The molecule has 7 heteroatoms. The van der Waals surface area contributed by atoms with Crippen molar-refractivity contribution in [3.63, 3.8) is 0 Å². The topological polar surface area (TPSA) is 80.1 Å². The average molecular weight is 406 g/mol. The van der Waals surface area contributed by atoms with Gasteiger partial charge >= 0.3 is 0 Å². The zero-order chi connectivity index (χ0) is 21.3. The van der Waals surface area contributed by atoms with Crippen molar-refractivity contribution < 1.29 is 9.59 Å². The molecule has 3 aromatic rings. The first-order chi connectivity index (χ1) is 14.4. The van der Waals surface area contributed by atoms with E-state index in [1.165, 1.54) is 6.92 Å². The number of nitrogens with one attached hydrogen (secondary N) is 1. The monoisotopic (exact) mass is 405 g/mol. The van der Waals surface area contributed by atoms with Crippen LogP contribution in [0, 0.1) is 5.92 Å². The Morgan fingerprint density at radius 3 is 2.87 bits per heavy atom. The van der Waals surface area contributed by atoms with Gasteiger partial charge in [0.25, 0.3) is 5.91 Å². The summed E-state index contributed by atoms with van der Waals surface area (Å²) in [6.45, 7) is 8.05. The fourth-order valence-corrected chi connectivity index (χ4v) is 4.13. The third-order valence-corrected chi connectivity index (χ3v) is 5.40. The van der Waals surface area contributed by atoms with E-state index in [1.807, 2.05) is 17.2 Å². The molecule has 0 unspecified atom stereocenters. The summed E-state index contributed by atoms with van der Waals surface area (Å²) in [6, 6.07) is 9.05. The van der Waals surface area contributed by atoms with Gasteiger partial charge in [0.1, 0.15) is 5.82 Å². The highest BCUT2D eigenvalue weighted by atomic mass is 16.2. The minimum Gasteiger partial charge on any atom is -0.338 e.